The lowest BCUT2D eigenvalue weighted by Crippen LogP contribution is -2.34. The molecule has 0 aromatic heterocycles. The van der Waals surface area contributed by atoms with Crippen molar-refractivity contribution in [3.8, 4) is 11.5 Å². The Morgan fingerprint density at radius 3 is 2.52 bits per heavy atom. The Balaban J connectivity index is 2.46. The van der Waals surface area contributed by atoms with Crippen LogP contribution in [0.3, 0.4) is 0 Å². The molecule has 0 radical (unpaired) electrons. The summed E-state index contributed by atoms with van der Waals surface area (Å²) in [6, 6.07) is 3.72. The molecule has 0 saturated carbocycles. The molecule has 21 heavy (non-hydrogen) atoms. The van der Waals surface area contributed by atoms with Crippen LogP contribution < -0.4 is 20.1 Å². The maximum atomic E-state index is 11.4. The van der Waals surface area contributed by atoms with Crippen molar-refractivity contribution in [3.63, 3.8) is 0 Å². The number of hydrogen-bond donors (Lipinski definition) is 2. The maximum absolute atomic E-state index is 11.4. The molecule has 1 aromatic rings. The van der Waals surface area contributed by atoms with E-state index >= 15 is 0 Å². The van der Waals surface area contributed by atoms with Crippen molar-refractivity contribution in [3.05, 3.63) is 22.7 Å². The van der Waals surface area contributed by atoms with E-state index in [-0.39, 0.29) is 11.8 Å². The van der Waals surface area contributed by atoms with Crippen LogP contribution in [-0.2, 0) is 11.3 Å². The number of methoxy groups -OCH3 is 2. The predicted molar refractivity (Wildman–Crippen MR) is 84.1 cm³/mol. The Bertz CT molecular complexity index is 478. The Morgan fingerprint density at radius 2 is 1.95 bits per heavy atom. The molecule has 0 unspecified atom stereocenters. The zero-order valence-corrected chi connectivity index (χ0v) is 13.7. The van der Waals surface area contributed by atoms with Gasteiger partial charge >= 0.3 is 0 Å². The summed E-state index contributed by atoms with van der Waals surface area (Å²) in [5.74, 6) is 1.21. The summed E-state index contributed by atoms with van der Waals surface area (Å²) >= 11 is 6.14. The third-order valence-corrected chi connectivity index (χ3v) is 3.23. The molecule has 0 atom stereocenters. The van der Waals surface area contributed by atoms with Gasteiger partial charge in [0.1, 0.15) is 0 Å². The quantitative estimate of drug-likeness (QED) is 0.722. The second-order valence-corrected chi connectivity index (χ2v) is 5.34. The third-order valence-electron chi connectivity index (χ3n) is 2.95. The molecule has 6 heteroatoms. The summed E-state index contributed by atoms with van der Waals surface area (Å²) in [5.41, 5.74) is 0.993. The van der Waals surface area contributed by atoms with E-state index < -0.39 is 0 Å². The first kappa shape index (κ1) is 17.6. The molecule has 0 bridgehead atoms. The first-order valence-corrected chi connectivity index (χ1v) is 7.26. The molecule has 0 aliphatic carbocycles. The van der Waals surface area contributed by atoms with Gasteiger partial charge < -0.3 is 20.1 Å². The van der Waals surface area contributed by atoms with Crippen LogP contribution in [0.5, 0.6) is 11.5 Å². The van der Waals surface area contributed by atoms with E-state index in [4.69, 9.17) is 21.1 Å². The van der Waals surface area contributed by atoms with Crippen LogP contribution in [0.2, 0.25) is 5.02 Å². The first-order chi connectivity index (χ1) is 9.99. The lowest BCUT2D eigenvalue weighted by atomic mass is 10.2. The Hall–Kier alpha value is -1.46. The van der Waals surface area contributed by atoms with Crippen LogP contribution in [0.1, 0.15) is 19.4 Å². The van der Waals surface area contributed by atoms with Gasteiger partial charge in [0.05, 0.1) is 19.2 Å². The lowest BCUT2D eigenvalue weighted by Gasteiger charge is -2.12. The first-order valence-electron chi connectivity index (χ1n) is 6.88. The second kappa shape index (κ2) is 8.74. The van der Waals surface area contributed by atoms with Crippen LogP contribution in [0, 0.1) is 5.92 Å². The minimum Gasteiger partial charge on any atom is -0.493 e. The van der Waals surface area contributed by atoms with Crippen LogP contribution in [-0.4, -0.2) is 33.2 Å². The van der Waals surface area contributed by atoms with Crippen LogP contribution in [0.4, 0.5) is 0 Å². The summed E-state index contributed by atoms with van der Waals surface area (Å²) in [6.45, 7) is 5.66. The summed E-state index contributed by atoms with van der Waals surface area (Å²) in [5, 5.41) is 6.61. The van der Waals surface area contributed by atoms with E-state index in [9.17, 15) is 4.79 Å². The fraction of sp³-hybridized carbons (Fsp3) is 0.533. The van der Waals surface area contributed by atoms with Gasteiger partial charge in [0.25, 0.3) is 0 Å². The van der Waals surface area contributed by atoms with Crippen molar-refractivity contribution in [2.24, 2.45) is 5.92 Å². The molecule has 0 aliphatic rings. The molecule has 1 amide bonds. The average molecular weight is 315 g/mol. The fourth-order valence-corrected chi connectivity index (χ4v) is 2.09. The van der Waals surface area contributed by atoms with Crippen molar-refractivity contribution in [1.29, 1.82) is 0 Å². The highest BCUT2D eigenvalue weighted by Gasteiger charge is 2.10. The van der Waals surface area contributed by atoms with E-state index in [0.29, 0.717) is 36.2 Å². The highest BCUT2D eigenvalue weighted by atomic mass is 35.5. The number of nitrogens with one attached hydrogen (secondary N) is 2. The lowest BCUT2D eigenvalue weighted by molar-refractivity contribution is -0.123. The number of rotatable bonds is 8. The summed E-state index contributed by atoms with van der Waals surface area (Å²) in [4.78, 5) is 11.4. The van der Waals surface area contributed by atoms with Gasteiger partial charge in [-0.2, -0.15) is 0 Å². The van der Waals surface area contributed by atoms with Gasteiger partial charge in [-0.15, -0.1) is 0 Å². The van der Waals surface area contributed by atoms with E-state index in [1.54, 1.807) is 14.2 Å². The molecular formula is C15H23ClN2O3. The van der Waals surface area contributed by atoms with Crippen molar-refractivity contribution in [1.82, 2.24) is 10.6 Å². The summed E-state index contributed by atoms with van der Waals surface area (Å²) in [7, 11) is 3.13. The Kier molecular flexibility index (Phi) is 7.32. The molecule has 118 valence electrons. The molecule has 0 aliphatic heterocycles. The molecule has 0 spiro atoms. The van der Waals surface area contributed by atoms with Gasteiger partial charge in [-0.1, -0.05) is 25.4 Å². The Morgan fingerprint density at radius 1 is 1.24 bits per heavy atom. The number of hydrogen-bond acceptors (Lipinski definition) is 4. The van der Waals surface area contributed by atoms with E-state index in [1.807, 2.05) is 26.0 Å². The zero-order valence-electron chi connectivity index (χ0n) is 13.0. The van der Waals surface area contributed by atoms with E-state index in [2.05, 4.69) is 10.6 Å². The number of benzene rings is 1. The summed E-state index contributed by atoms with van der Waals surface area (Å²) in [6.07, 6.45) is 0. The maximum Gasteiger partial charge on any atom is 0.222 e. The van der Waals surface area contributed by atoms with Crippen molar-refractivity contribution >= 4 is 17.5 Å². The summed E-state index contributed by atoms with van der Waals surface area (Å²) < 4.78 is 10.4. The van der Waals surface area contributed by atoms with Crippen LogP contribution >= 0.6 is 11.6 Å². The van der Waals surface area contributed by atoms with E-state index in [0.717, 1.165) is 5.56 Å². The Labute approximate surface area is 131 Å². The normalized spacial score (nSPS) is 10.6. The van der Waals surface area contributed by atoms with Gasteiger partial charge in [-0.25, -0.2) is 0 Å². The highest BCUT2D eigenvalue weighted by Crippen LogP contribution is 2.35. The minimum atomic E-state index is 0.00894. The van der Waals surface area contributed by atoms with Gasteiger partial charge in [0, 0.05) is 25.6 Å². The molecule has 0 heterocycles. The number of halogens is 1. The molecule has 2 N–H and O–H groups in total. The highest BCUT2D eigenvalue weighted by molar-refractivity contribution is 6.32. The number of amides is 1. The van der Waals surface area contributed by atoms with Crippen LogP contribution in [0.25, 0.3) is 0 Å². The predicted octanol–water partition coefficient (Wildman–Crippen LogP) is 2.22. The third kappa shape index (κ3) is 5.44. The topological polar surface area (TPSA) is 59.6 Å². The van der Waals surface area contributed by atoms with Gasteiger partial charge in [-0.05, 0) is 17.7 Å². The number of carbonyl (C=O) groups is 1. The largest absolute Gasteiger partial charge is 0.493 e. The zero-order chi connectivity index (χ0) is 15.8. The van der Waals surface area contributed by atoms with E-state index in [1.165, 1.54) is 0 Å². The number of carbonyl (C=O) groups excluding carboxylic acids is 1. The van der Waals surface area contributed by atoms with Crippen molar-refractivity contribution < 1.29 is 14.3 Å². The van der Waals surface area contributed by atoms with Crippen molar-refractivity contribution in [2.75, 3.05) is 27.3 Å². The molecule has 1 aromatic carbocycles. The van der Waals surface area contributed by atoms with Crippen molar-refractivity contribution in [2.45, 2.75) is 20.4 Å². The number of ether oxygens (including phenoxy) is 2. The fourth-order valence-electron chi connectivity index (χ4n) is 1.78. The molecule has 0 fully saturated rings. The van der Waals surface area contributed by atoms with Gasteiger partial charge in [-0.3, -0.25) is 4.79 Å². The molecular weight excluding hydrogens is 292 g/mol. The molecule has 0 saturated heterocycles. The van der Waals surface area contributed by atoms with Crippen LogP contribution in [0.15, 0.2) is 12.1 Å². The van der Waals surface area contributed by atoms with Gasteiger partial charge in [0.15, 0.2) is 11.5 Å². The second-order valence-electron chi connectivity index (χ2n) is 4.94. The van der Waals surface area contributed by atoms with Gasteiger partial charge in [0.2, 0.25) is 5.91 Å². The smallest absolute Gasteiger partial charge is 0.222 e. The minimum absolute atomic E-state index is 0.00894. The monoisotopic (exact) mass is 314 g/mol. The SMILES string of the molecule is COc1cc(CNCCNC(=O)C(C)C)cc(Cl)c1OC. The molecule has 5 nitrogen and oxygen atoms in total. The standard InChI is InChI=1S/C15H23ClN2O3/c1-10(2)15(19)18-6-5-17-9-11-7-12(16)14(21-4)13(8-11)20-3/h7-8,10,17H,5-6,9H2,1-4H3,(H,18,19). The molecule has 1 rings (SSSR count). The average Bonchev–Trinajstić information content (AvgIpc) is 2.45.